The first kappa shape index (κ1) is 19.8. The summed E-state index contributed by atoms with van der Waals surface area (Å²) in [4.78, 5) is 24.0. The molecule has 0 unspecified atom stereocenters. The molecule has 0 saturated heterocycles. The first-order valence-electron chi connectivity index (χ1n) is 9.57. The van der Waals surface area contributed by atoms with Gasteiger partial charge in [-0.25, -0.2) is 4.68 Å². The quantitative estimate of drug-likeness (QED) is 0.421. The average molecular weight is 412 g/mol. The van der Waals surface area contributed by atoms with E-state index in [-0.39, 0.29) is 11.4 Å². The molecule has 2 aromatic heterocycles. The molecule has 0 aliphatic heterocycles. The molecule has 154 valence electrons. The van der Waals surface area contributed by atoms with Gasteiger partial charge in [-0.1, -0.05) is 48.5 Å². The predicted octanol–water partition coefficient (Wildman–Crippen LogP) is 3.32. The lowest BCUT2D eigenvalue weighted by Gasteiger charge is -2.02. The number of hydrogen-bond acceptors (Lipinski definition) is 4. The van der Waals surface area contributed by atoms with Crippen LogP contribution >= 0.6 is 0 Å². The average Bonchev–Trinajstić information content (AvgIpc) is 3.38. The van der Waals surface area contributed by atoms with E-state index in [0.717, 1.165) is 22.5 Å². The number of primary amides is 1. The maximum absolute atomic E-state index is 12.5. The standard InChI is InChI=1S/C23H20N6O2/c1-15-20(22(23(24)31)27-26-15)25-19(30)13-12-17-14-29(18-10-6-3-7-11-18)28-21(17)16-8-4-2-5-9-16/h2-14H,1H3,(H2,24,31)(H,25,30)(H,26,27)/b13-12+. The van der Waals surface area contributed by atoms with E-state index in [1.165, 1.54) is 6.08 Å². The Balaban J connectivity index is 1.65. The molecule has 8 nitrogen and oxygen atoms in total. The number of aromatic nitrogens is 4. The zero-order valence-electron chi connectivity index (χ0n) is 16.7. The molecule has 0 spiro atoms. The summed E-state index contributed by atoms with van der Waals surface area (Å²) in [5, 5.41) is 13.8. The van der Waals surface area contributed by atoms with Crippen LogP contribution in [0.1, 0.15) is 21.7 Å². The summed E-state index contributed by atoms with van der Waals surface area (Å²) in [5.74, 6) is -1.14. The number of anilines is 1. The van der Waals surface area contributed by atoms with Crippen LogP contribution in [0.15, 0.2) is 72.9 Å². The summed E-state index contributed by atoms with van der Waals surface area (Å²) in [7, 11) is 0. The molecule has 0 atom stereocenters. The molecular weight excluding hydrogens is 392 g/mol. The van der Waals surface area contributed by atoms with Crippen molar-refractivity contribution in [1.82, 2.24) is 20.0 Å². The Morgan fingerprint density at radius 3 is 2.42 bits per heavy atom. The topological polar surface area (TPSA) is 119 Å². The lowest BCUT2D eigenvalue weighted by atomic mass is 10.1. The van der Waals surface area contributed by atoms with Gasteiger partial charge in [0.15, 0.2) is 5.69 Å². The second-order valence-electron chi connectivity index (χ2n) is 6.84. The fraction of sp³-hybridized carbons (Fsp3) is 0.0435. The largest absolute Gasteiger partial charge is 0.364 e. The molecule has 4 aromatic rings. The van der Waals surface area contributed by atoms with E-state index < -0.39 is 11.8 Å². The number of para-hydroxylation sites is 1. The van der Waals surface area contributed by atoms with Crippen LogP contribution in [0.25, 0.3) is 23.0 Å². The fourth-order valence-electron chi connectivity index (χ4n) is 3.13. The summed E-state index contributed by atoms with van der Waals surface area (Å²) < 4.78 is 1.77. The molecule has 31 heavy (non-hydrogen) atoms. The number of rotatable bonds is 6. The van der Waals surface area contributed by atoms with Crippen LogP contribution in [0.4, 0.5) is 5.69 Å². The highest BCUT2D eigenvalue weighted by molar-refractivity contribution is 6.07. The summed E-state index contributed by atoms with van der Waals surface area (Å²) in [6.45, 7) is 1.69. The van der Waals surface area contributed by atoms with Gasteiger partial charge in [-0.3, -0.25) is 14.7 Å². The second-order valence-corrected chi connectivity index (χ2v) is 6.84. The van der Waals surface area contributed by atoms with E-state index in [0.29, 0.717) is 5.69 Å². The van der Waals surface area contributed by atoms with Gasteiger partial charge in [0.1, 0.15) is 0 Å². The number of carbonyl (C=O) groups excluding carboxylic acids is 2. The van der Waals surface area contributed by atoms with Crippen molar-refractivity contribution in [1.29, 1.82) is 0 Å². The summed E-state index contributed by atoms with van der Waals surface area (Å²) in [5.41, 5.74) is 9.45. The number of nitrogens with two attached hydrogens (primary N) is 1. The Kier molecular flexibility index (Phi) is 5.44. The molecule has 0 aliphatic rings. The zero-order valence-corrected chi connectivity index (χ0v) is 16.7. The molecule has 0 saturated carbocycles. The van der Waals surface area contributed by atoms with Gasteiger partial charge in [0, 0.05) is 23.4 Å². The van der Waals surface area contributed by atoms with Gasteiger partial charge >= 0.3 is 0 Å². The van der Waals surface area contributed by atoms with Crippen LogP contribution in [-0.4, -0.2) is 31.8 Å². The van der Waals surface area contributed by atoms with E-state index in [4.69, 9.17) is 10.8 Å². The summed E-state index contributed by atoms with van der Waals surface area (Å²) in [6, 6.07) is 19.4. The van der Waals surface area contributed by atoms with Crippen molar-refractivity contribution in [2.45, 2.75) is 6.92 Å². The van der Waals surface area contributed by atoms with Gasteiger partial charge in [0.05, 0.1) is 22.8 Å². The maximum atomic E-state index is 12.5. The van der Waals surface area contributed by atoms with Crippen molar-refractivity contribution in [3.05, 3.63) is 89.9 Å². The monoisotopic (exact) mass is 412 g/mol. The smallest absolute Gasteiger partial charge is 0.271 e. The molecule has 2 amide bonds. The van der Waals surface area contributed by atoms with E-state index in [1.54, 1.807) is 17.7 Å². The SMILES string of the molecule is Cc1[nH]nc(C(N)=O)c1NC(=O)/C=C/c1cn(-c2ccccc2)nc1-c1ccccc1. The molecule has 0 fully saturated rings. The van der Waals surface area contributed by atoms with Crippen LogP contribution in [0.3, 0.4) is 0 Å². The Morgan fingerprint density at radius 2 is 1.74 bits per heavy atom. The molecule has 0 radical (unpaired) electrons. The Bertz CT molecular complexity index is 1260. The highest BCUT2D eigenvalue weighted by Gasteiger charge is 2.17. The highest BCUT2D eigenvalue weighted by atomic mass is 16.2. The summed E-state index contributed by atoms with van der Waals surface area (Å²) in [6.07, 6.45) is 4.93. The van der Waals surface area contributed by atoms with Crippen LogP contribution in [0, 0.1) is 6.92 Å². The minimum atomic E-state index is -0.723. The number of nitrogens with zero attached hydrogens (tertiary/aromatic N) is 3. The van der Waals surface area contributed by atoms with Crippen LogP contribution in [0.5, 0.6) is 0 Å². The van der Waals surface area contributed by atoms with E-state index in [2.05, 4.69) is 15.5 Å². The van der Waals surface area contributed by atoms with Crippen molar-refractivity contribution >= 4 is 23.6 Å². The fourth-order valence-corrected chi connectivity index (χ4v) is 3.13. The Morgan fingerprint density at radius 1 is 1.06 bits per heavy atom. The number of amides is 2. The van der Waals surface area contributed by atoms with Crippen molar-refractivity contribution in [3.8, 4) is 16.9 Å². The molecule has 8 heteroatoms. The number of benzene rings is 2. The van der Waals surface area contributed by atoms with Gasteiger partial charge in [0.2, 0.25) is 5.91 Å². The number of aryl methyl sites for hydroxylation is 1. The number of hydrogen-bond donors (Lipinski definition) is 3. The van der Waals surface area contributed by atoms with Gasteiger partial charge in [-0.15, -0.1) is 0 Å². The predicted molar refractivity (Wildman–Crippen MR) is 119 cm³/mol. The van der Waals surface area contributed by atoms with Gasteiger partial charge in [0.25, 0.3) is 5.91 Å². The third-order valence-electron chi connectivity index (χ3n) is 4.65. The first-order chi connectivity index (χ1) is 15.0. The third kappa shape index (κ3) is 4.27. The second kappa shape index (κ2) is 8.50. The van der Waals surface area contributed by atoms with Crippen LogP contribution in [-0.2, 0) is 4.79 Å². The highest BCUT2D eigenvalue weighted by Crippen LogP contribution is 2.25. The molecular formula is C23H20N6O2. The zero-order chi connectivity index (χ0) is 21.8. The number of H-pyrrole nitrogens is 1. The van der Waals surface area contributed by atoms with Gasteiger partial charge in [-0.05, 0) is 25.1 Å². The molecule has 0 aliphatic carbocycles. The minimum absolute atomic E-state index is 0.0129. The molecule has 4 rings (SSSR count). The first-order valence-corrected chi connectivity index (χ1v) is 9.57. The summed E-state index contributed by atoms with van der Waals surface area (Å²) >= 11 is 0. The molecule has 0 bridgehead atoms. The number of aromatic amines is 1. The number of carbonyl (C=O) groups is 2. The Labute approximate surface area is 178 Å². The van der Waals surface area contributed by atoms with E-state index in [9.17, 15) is 9.59 Å². The van der Waals surface area contributed by atoms with Crippen molar-refractivity contribution < 1.29 is 9.59 Å². The van der Waals surface area contributed by atoms with Crippen molar-refractivity contribution in [2.75, 3.05) is 5.32 Å². The third-order valence-corrected chi connectivity index (χ3v) is 4.65. The lowest BCUT2D eigenvalue weighted by molar-refractivity contribution is -0.111. The lowest BCUT2D eigenvalue weighted by Crippen LogP contribution is -2.16. The molecule has 2 heterocycles. The Hall–Kier alpha value is -4.46. The van der Waals surface area contributed by atoms with Crippen LogP contribution < -0.4 is 11.1 Å². The minimum Gasteiger partial charge on any atom is -0.364 e. The van der Waals surface area contributed by atoms with Crippen molar-refractivity contribution in [2.24, 2.45) is 5.73 Å². The number of nitrogens with one attached hydrogen (secondary N) is 2. The van der Waals surface area contributed by atoms with Crippen LogP contribution in [0.2, 0.25) is 0 Å². The normalized spacial score (nSPS) is 11.0. The van der Waals surface area contributed by atoms with Crippen molar-refractivity contribution in [3.63, 3.8) is 0 Å². The van der Waals surface area contributed by atoms with E-state index >= 15 is 0 Å². The molecule has 4 N–H and O–H groups in total. The molecule has 2 aromatic carbocycles. The van der Waals surface area contributed by atoms with Gasteiger partial charge in [-0.2, -0.15) is 10.2 Å². The maximum Gasteiger partial charge on any atom is 0.271 e. The van der Waals surface area contributed by atoms with E-state index in [1.807, 2.05) is 66.9 Å². The van der Waals surface area contributed by atoms with Gasteiger partial charge < -0.3 is 11.1 Å².